The van der Waals surface area contributed by atoms with Crippen LogP contribution < -0.4 is 0 Å². The Morgan fingerprint density at radius 1 is 1.33 bits per heavy atom. The Morgan fingerprint density at radius 3 is 2.89 bits per heavy atom. The summed E-state index contributed by atoms with van der Waals surface area (Å²) < 4.78 is 4.81. The lowest BCUT2D eigenvalue weighted by Crippen LogP contribution is -2.02. The van der Waals surface area contributed by atoms with Crippen molar-refractivity contribution >= 4 is 28.5 Å². The number of halogens is 1. The summed E-state index contributed by atoms with van der Waals surface area (Å²) in [6.07, 6.45) is 4.49. The highest BCUT2D eigenvalue weighted by atomic mass is 35.5. The van der Waals surface area contributed by atoms with Gasteiger partial charge < -0.3 is 9.72 Å². The molecule has 1 heterocycles. The molecule has 1 aromatic heterocycles. The Bertz CT molecular complexity index is 630. The van der Waals surface area contributed by atoms with Gasteiger partial charge in [0.05, 0.1) is 18.2 Å². The van der Waals surface area contributed by atoms with E-state index in [9.17, 15) is 4.79 Å². The van der Waals surface area contributed by atoms with Gasteiger partial charge in [0.1, 0.15) is 0 Å². The minimum absolute atomic E-state index is 0.346. The lowest BCUT2D eigenvalue weighted by atomic mass is 9.95. The third kappa shape index (κ3) is 1.70. The fraction of sp³-hybridized carbons (Fsp3) is 0.357. The van der Waals surface area contributed by atoms with Crippen LogP contribution in [0.1, 0.15) is 34.5 Å². The van der Waals surface area contributed by atoms with E-state index in [-0.39, 0.29) is 5.97 Å². The van der Waals surface area contributed by atoms with Gasteiger partial charge in [-0.1, -0.05) is 11.6 Å². The standard InChI is InChI=1S/C14H14ClNO2/c1-18-14(17)11-7-8(15)6-10-9-4-2-3-5-12(9)16-13(10)11/h6-7,16H,2-5H2,1H3. The van der Waals surface area contributed by atoms with Crippen LogP contribution in [0.2, 0.25) is 5.02 Å². The highest BCUT2D eigenvalue weighted by molar-refractivity contribution is 6.32. The predicted octanol–water partition coefficient (Wildman–Crippen LogP) is 3.49. The molecule has 0 bridgehead atoms. The number of fused-ring (bicyclic) bond motifs is 3. The molecule has 94 valence electrons. The van der Waals surface area contributed by atoms with Crippen molar-refractivity contribution in [2.45, 2.75) is 25.7 Å². The van der Waals surface area contributed by atoms with E-state index in [4.69, 9.17) is 16.3 Å². The van der Waals surface area contributed by atoms with Crippen molar-refractivity contribution in [3.63, 3.8) is 0 Å². The van der Waals surface area contributed by atoms with Crippen LogP contribution in [-0.4, -0.2) is 18.1 Å². The van der Waals surface area contributed by atoms with Gasteiger partial charge in [-0.3, -0.25) is 0 Å². The summed E-state index contributed by atoms with van der Waals surface area (Å²) in [5.41, 5.74) is 3.93. The molecule has 4 heteroatoms. The Labute approximate surface area is 110 Å². The molecule has 1 aromatic carbocycles. The van der Waals surface area contributed by atoms with Crippen LogP contribution in [0.3, 0.4) is 0 Å². The number of esters is 1. The summed E-state index contributed by atoms with van der Waals surface area (Å²) in [4.78, 5) is 15.2. The average Bonchev–Trinajstić information content (AvgIpc) is 2.75. The van der Waals surface area contributed by atoms with E-state index in [1.165, 1.54) is 31.2 Å². The molecule has 0 atom stereocenters. The molecule has 0 unspecified atom stereocenters. The van der Waals surface area contributed by atoms with Crippen LogP contribution in [0.15, 0.2) is 12.1 Å². The van der Waals surface area contributed by atoms with Gasteiger partial charge in [0, 0.05) is 16.1 Å². The van der Waals surface area contributed by atoms with Crippen LogP contribution in [0.25, 0.3) is 10.9 Å². The van der Waals surface area contributed by atoms with Crippen LogP contribution in [0.4, 0.5) is 0 Å². The Kier molecular flexibility index (Phi) is 2.78. The number of carbonyl (C=O) groups is 1. The van der Waals surface area contributed by atoms with E-state index in [1.54, 1.807) is 6.07 Å². The van der Waals surface area contributed by atoms with E-state index in [0.29, 0.717) is 10.6 Å². The molecule has 0 fully saturated rings. The molecule has 3 rings (SSSR count). The largest absolute Gasteiger partial charge is 0.465 e. The van der Waals surface area contributed by atoms with Gasteiger partial charge in [0.2, 0.25) is 0 Å². The Hall–Kier alpha value is -1.48. The van der Waals surface area contributed by atoms with Crippen molar-refractivity contribution in [1.29, 1.82) is 0 Å². The second-order valence-corrected chi connectivity index (χ2v) is 5.09. The van der Waals surface area contributed by atoms with Gasteiger partial charge >= 0.3 is 5.97 Å². The fourth-order valence-electron chi connectivity index (χ4n) is 2.74. The van der Waals surface area contributed by atoms with E-state index in [0.717, 1.165) is 23.7 Å². The smallest absolute Gasteiger partial charge is 0.340 e. The molecule has 1 N–H and O–H groups in total. The summed E-state index contributed by atoms with van der Waals surface area (Å²) in [5.74, 6) is -0.346. The van der Waals surface area contributed by atoms with E-state index in [2.05, 4.69) is 4.98 Å². The molecule has 0 saturated carbocycles. The van der Waals surface area contributed by atoms with Crippen molar-refractivity contribution in [1.82, 2.24) is 4.98 Å². The van der Waals surface area contributed by atoms with Crippen LogP contribution in [0.5, 0.6) is 0 Å². The number of benzene rings is 1. The number of carbonyl (C=O) groups excluding carboxylic acids is 1. The predicted molar refractivity (Wildman–Crippen MR) is 71.3 cm³/mol. The van der Waals surface area contributed by atoms with E-state index in [1.807, 2.05) is 6.07 Å². The first-order chi connectivity index (χ1) is 8.70. The zero-order valence-electron chi connectivity index (χ0n) is 10.2. The van der Waals surface area contributed by atoms with Crippen LogP contribution in [0, 0.1) is 0 Å². The van der Waals surface area contributed by atoms with Crippen molar-refractivity contribution in [3.8, 4) is 0 Å². The molecule has 1 aliphatic carbocycles. The SMILES string of the molecule is COC(=O)c1cc(Cl)cc2c3c([nH]c12)CCCC3. The minimum Gasteiger partial charge on any atom is -0.465 e. The molecular formula is C14H14ClNO2. The summed E-state index contributed by atoms with van der Waals surface area (Å²) in [5, 5.41) is 1.65. The highest BCUT2D eigenvalue weighted by Gasteiger charge is 2.20. The van der Waals surface area contributed by atoms with Crippen LogP contribution in [-0.2, 0) is 17.6 Å². The number of ether oxygens (including phenoxy) is 1. The first-order valence-corrected chi connectivity index (χ1v) is 6.50. The normalized spacial score (nSPS) is 14.6. The minimum atomic E-state index is -0.346. The van der Waals surface area contributed by atoms with E-state index >= 15 is 0 Å². The number of H-pyrrole nitrogens is 1. The number of aryl methyl sites for hydroxylation is 2. The number of rotatable bonds is 1. The van der Waals surface area contributed by atoms with Gasteiger partial charge in [-0.05, 0) is 43.4 Å². The number of hydrogen-bond acceptors (Lipinski definition) is 2. The first-order valence-electron chi connectivity index (χ1n) is 6.12. The fourth-order valence-corrected chi connectivity index (χ4v) is 2.96. The maximum atomic E-state index is 11.8. The molecule has 2 aromatic rings. The van der Waals surface area contributed by atoms with Gasteiger partial charge in [0.15, 0.2) is 0 Å². The summed E-state index contributed by atoms with van der Waals surface area (Å²) in [6.45, 7) is 0. The zero-order valence-corrected chi connectivity index (χ0v) is 10.9. The molecule has 1 aliphatic rings. The van der Waals surface area contributed by atoms with Crippen LogP contribution >= 0.6 is 11.6 Å². The van der Waals surface area contributed by atoms with Gasteiger partial charge in [-0.15, -0.1) is 0 Å². The number of hydrogen-bond donors (Lipinski definition) is 1. The third-order valence-corrected chi connectivity index (χ3v) is 3.80. The average molecular weight is 264 g/mol. The molecule has 3 nitrogen and oxygen atoms in total. The van der Waals surface area contributed by atoms with Crippen molar-refractivity contribution in [3.05, 3.63) is 34.0 Å². The van der Waals surface area contributed by atoms with Crippen molar-refractivity contribution < 1.29 is 9.53 Å². The molecular weight excluding hydrogens is 250 g/mol. The quantitative estimate of drug-likeness (QED) is 0.801. The second kappa shape index (κ2) is 4.32. The molecule has 18 heavy (non-hydrogen) atoms. The number of nitrogens with one attached hydrogen (secondary N) is 1. The van der Waals surface area contributed by atoms with Gasteiger partial charge in [-0.2, -0.15) is 0 Å². The first kappa shape index (κ1) is 11.6. The molecule has 0 saturated heterocycles. The number of methoxy groups -OCH3 is 1. The third-order valence-electron chi connectivity index (χ3n) is 3.58. The Morgan fingerprint density at radius 2 is 2.11 bits per heavy atom. The van der Waals surface area contributed by atoms with Gasteiger partial charge in [-0.25, -0.2) is 4.79 Å². The van der Waals surface area contributed by atoms with Crippen molar-refractivity contribution in [2.75, 3.05) is 7.11 Å². The second-order valence-electron chi connectivity index (χ2n) is 4.66. The number of aromatic nitrogens is 1. The maximum absolute atomic E-state index is 11.8. The summed E-state index contributed by atoms with van der Waals surface area (Å²) in [7, 11) is 1.39. The maximum Gasteiger partial charge on any atom is 0.340 e. The van der Waals surface area contributed by atoms with Gasteiger partial charge in [0.25, 0.3) is 0 Å². The molecule has 0 radical (unpaired) electrons. The monoisotopic (exact) mass is 263 g/mol. The van der Waals surface area contributed by atoms with Crippen molar-refractivity contribution in [2.24, 2.45) is 0 Å². The summed E-state index contributed by atoms with van der Waals surface area (Å²) >= 11 is 6.10. The highest BCUT2D eigenvalue weighted by Crippen LogP contribution is 2.33. The van der Waals surface area contributed by atoms with E-state index < -0.39 is 0 Å². The summed E-state index contributed by atoms with van der Waals surface area (Å²) in [6, 6.07) is 3.60. The molecule has 0 spiro atoms. The molecule has 0 aliphatic heterocycles. The molecule has 0 amide bonds. The number of aromatic amines is 1. The Balaban J connectivity index is 2.30. The zero-order chi connectivity index (χ0) is 12.7. The lowest BCUT2D eigenvalue weighted by Gasteiger charge is -2.10. The lowest BCUT2D eigenvalue weighted by molar-refractivity contribution is 0.0603. The topological polar surface area (TPSA) is 42.1 Å².